The van der Waals surface area contributed by atoms with E-state index in [1.54, 1.807) is 17.8 Å². The van der Waals surface area contributed by atoms with Crippen molar-refractivity contribution in [2.75, 3.05) is 26.2 Å². The molecule has 5 rings (SSSR count). The fraction of sp³-hybridized carbons (Fsp3) is 0.469. The maximum atomic E-state index is 13.0. The summed E-state index contributed by atoms with van der Waals surface area (Å²) in [5, 5.41) is 5.86. The first-order valence-electron chi connectivity index (χ1n) is 14.5. The molecule has 2 fully saturated rings. The highest BCUT2D eigenvalue weighted by Gasteiger charge is 2.30. The number of carbonyl (C=O) groups is 2. The van der Waals surface area contributed by atoms with Gasteiger partial charge in [-0.1, -0.05) is 60.9 Å². The molecule has 3 aliphatic rings. The summed E-state index contributed by atoms with van der Waals surface area (Å²) in [5.41, 5.74) is 3.08. The van der Waals surface area contributed by atoms with Gasteiger partial charge in [-0.2, -0.15) is 10.1 Å². The number of nitrogens with one attached hydrogen (secondary N) is 1. The molecule has 1 N–H and O–H groups in total. The summed E-state index contributed by atoms with van der Waals surface area (Å²) in [7, 11) is 0. The predicted octanol–water partition coefficient (Wildman–Crippen LogP) is 3.26. The summed E-state index contributed by atoms with van der Waals surface area (Å²) in [6, 6.07) is 18.5. The van der Waals surface area contributed by atoms with Crippen LogP contribution in [0.4, 0.5) is 0 Å². The zero-order chi connectivity index (χ0) is 27.7. The van der Waals surface area contributed by atoms with Gasteiger partial charge in [-0.3, -0.25) is 9.80 Å². The van der Waals surface area contributed by atoms with E-state index in [-0.39, 0.29) is 38.4 Å². The summed E-state index contributed by atoms with van der Waals surface area (Å²) >= 11 is 0. The lowest BCUT2D eigenvalue weighted by Gasteiger charge is -2.33. The van der Waals surface area contributed by atoms with E-state index in [0.717, 1.165) is 37.9 Å². The molecule has 1 aliphatic carbocycles. The second-order valence-corrected chi connectivity index (χ2v) is 11.0. The van der Waals surface area contributed by atoms with E-state index in [1.807, 2.05) is 42.2 Å². The molecule has 1 saturated carbocycles. The number of likely N-dealkylation sites (tertiary alicyclic amines) is 1. The number of amides is 2. The first-order chi connectivity index (χ1) is 19.5. The number of ether oxygens (including phenoxy) is 2. The first-order valence-corrected chi connectivity index (χ1v) is 14.5. The Hall–Kier alpha value is -3.52. The van der Waals surface area contributed by atoms with Gasteiger partial charge in [0.2, 0.25) is 11.6 Å². The predicted molar refractivity (Wildman–Crippen MR) is 156 cm³/mol. The van der Waals surface area contributed by atoms with E-state index in [9.17, 15) is 9.59 Å². The number of rotatable bonds is 9. The van der Waals surface area contributed by atoms with E-state index >= 15 is 0 Å². The van der Waals surface area contributed by atoms with Crippen LogP contribution in [0.5, 0.6) is 5.75 Å². The smallest absolute Gasteiger partial charge is 0.387 e. The monoisotopic (exact) mass is 546 g/mol. The van der Waals surface area contributed by atoms with Gasteiger partial charge >= 0.3 is 5.91 Å². The minimum Gasteiger partial charge on any atom is -0.489 e. The van der Waals surface area contributed by atoms with Gasteiger partial charge in [0, 0.05) is 13.9 Å². The van der Waals surface area contributed by atoms with Gasteiger partial charge in [0.15, 0.2) is 6.54 Å². The van der Waals surface area contributed by atoms with Gasteiger partial charge < -0.3 is 14.4 Å². The van der Waals surface area contributed by atoms with Crippen molar-refractivity contribution in [3.8, 4) is 5.75 Å². The number of piperidine rings is 1. The zero-order valence-corrected chi connectivity index (χ0v) is 23.3. The highest BCUT2D eigenvalue weighted by molar-refractivity contribution is 6.33. The maximum absolute atomic E-state index is 13.0. The van der Waals surface area contributed by atoms with Crippen LogP contribution in [0.15, 0.2) is 59.7 Å². The van der Waals surface area contributed by atoms with E-state index in [0.29, 0.717) is 31.3 Å². The summed E-state index contributed by atoms with van der Waals surface area (Å²) in [5.74, 6) is 1.09. The summed E-state index contributed by atoms with van der Waals surface area (Å²) in [4.78, 5) is 30.3. The number of hydrazone groups is 1. The minimum absolute atomic E-state index is 0. The molecule has 2 amide bonds. The van der Waals surface area contributed by atoms with Crippen LogP contribution in [-0.2, 0) is 14.3 Å². The molecule has 0 aromatic heterocycles. The number of benzene rings is 2. The zero-order valence-electron chi connectivity index (χ0n) is 23.3. The van der Waals surface area contributed by atoms with Crippen LogP contribution in [-0.4, -0.2) is 72.1 Å². The Morgan fingerprint density at radius 2 is 1.82 bits per heavy atom. The third-order valence-electron chi connectivity index (χ3n) is 7.86. The average molecular weight is 547 g/mol. The molecule has 2 aliphatic heterocycles. The fourth-order valence-corrected chi connectivity index (χ4v) is 5.73. The van der Waals surface area contributed by atoms with Crippen molar-refractivity contribution in [1.29, 1.82) is 0 Å². The van der Waals surface area contributed by atoms with E-state index < -0.39 is 0 Å². The molecule has 1 unspecified atom stereocenters. The Morgan fingerprint density at radius 1 is 1.02 bits per heavy atom. The second-order valence-electron chi connectivity index (χ2n) is 11.0. The normalized spacial score (nSPS) is 23.9. The molecule has 2 aromatic carbocycles. The van der Waals surface area contributed by atoms with Gasteiger partial charge in [-0.25, -0.2) is 4.79 Å². The largest absolute Gasteiger partial charge is 0.489 e. The van der Waals surface area contributed by atoms with Crippen LogP contribution >= 0.6 is 0 Å². The Bertz CT molecular complexity index is 1200. The molecule has 0 spiro atoms. The SMILES string of the molecule is Cc1ccc(OC2CCCN(C(=O)CN3[CH]C(=[NH+]C(=O)CCO[C@H]4CCCC[C@@H]4c4ccccc4)C=N3)C2)cc1.[HH]. The van der Waals surface area contributed by atoms with Gasteiger partial charge in [0.25, 0.3) is 0 Å². The molecule has 8 nitrogen and oxygen atoms in total. The molecular formula is C32H42N4O4+. The summed E-state index contributed by atoms with van der Waals surface area (Å²) in [6.07, 6.45) is 8.33. The van der Waals surface area contributed by atoms with Crippen molar-refractivity contribution >= 4 is 23.7 Å². The number of hydrogen-bond acceptors (Lipinski definition) is 6. The lowest BCUT2D eigenvalue weighted by Crippen LogP contribution is -2.78. The van der Waals surface area contributed by atoms with E-state index in [4.69, 9.17) is 9.47 Å². The third kappa shape index (κ3) is 7.78. The first kappa shape index (κ1) is 28.0. The number of hydrogen-bond donors (Lipinski definition) is 1. The number of nitrogens with zero attached hydrogens (tertiary/aromatic N) is 3. The lowest BCUT2D eigenvalue weighted by atomic mass is 9.81. The molecule has 3 atom stereocenters. The second kappa shape index (κ2) is 13.7. The van der Waals surface area contributed by atoms with Crippen molar-refractivity contribution in [2.24, 2.45) is 5.10 Å². The van der Waals surface area contributed by atoms with Crippen LogP contribution in [0.1, 0.15) is 63.4 Å². The standard InChI is InChI=1S/C32H39N4O4.H2/c1-24-13-15-27(16-14-24)40-28-10-7-18-35(22-28)32(38)23-36-21-26(20-33-36)34-31(37)17-19-39-30-12-6-5-11-29(30)25-8-3-2-4-9-25;/h2-4,8-9,13-16,20-21,28-30H,5-7,10-12,17-19,22-23H2,1H3;1H/p+1/t28?,29-,30+;/m1./s1. The van der Waals surface area contributed by atoms with Crippen molar-refractivity contribution in [3.63, 3.8) is 0 Å². The van der Waals surface area contributed by atoms with Crippen LogP contribution in [0.3, 0.4) is 0 Å². The summed E-state index contributed by atoms with van der Waals surface area (Å²) in [6.45, 7) is 5.53. The Morgan fingerprint density at radius 3 is 2.65 bits per heavy atom. The third-order valence-corrected chi connectivity index (χ3v) is 7.86. The Kier molecular flexibility index (Phi) is 9.60. The lowest BCUT2D eigenvalue weighted by molar-refractivity contribution is -0.376. The van der Waals surface area contributed by atoms with Crippen molar-refractivity contribution in [3.05, 3.63) is 72.3 Å². The Labute approximate surface area is 238 Å². The average Bonchev–Trinajstić information content (AvgIpc) is 3.41. The molecule has 40 heavy (non-hydrogen) atoms. The van der Waals surface area contributed by atoms with Crippen molar-refractivity contribution in [2.45, 2.75) is 70.0 Å². The topological polar surface area (TPSA) is 85.4 Å². The molecule has 1 saturated heterocycles. The van der Waals surface area contributed by atoms with Crippen LogP contribution in [0.2, 0.25) is 0 Å². The molecule has 2 aromatic rings. The van der Waals surface area contributed by atoms with E-state index in [2.05, 4.69) is 34.4 Å². The molecular weight excluding hydrogens is 504 g/mol. The highest BCUT2D eigenvalue weighted by Crippen LogP contribution is 2.35. The molecule has 2 heterocycles. The quantitative estimate of drug-likeness (QED) is 0.522. The van der Waals surface area contributed by atoms with E-state index in [1.165, 1.54) is 17.5 Å². The summed E-state index contributed by atoms with van der Waals surface area (Å²) < 4.78 is 12.3. The van der Waals surface area contributed by atoms with Crippen molar-refractivity contribution in [1.82, 2.24) is 9.91 Å². The van der Waals surface area contributed by atoms with Crippen LogP contribution in [0, 0.1) is 13.5 Å². The molecule has 213 valence electrons. The van der Waals surface area contributed by atoms with Gasteiger partial charge in [-0.05, 0) is 50.3 Å². The molecule has 0 bridgehead atoms. The molecule has 1 radical (unpaired) electrons. The Balaban J connectivity index is 0.00000387. The number of carbonyl (C=O) groups excluding carboxylic acids is 2. The van der Waals surface area contributed by atoms with Gasteiger partial charge in [0.1, 0.15) is 24.6 Å². The number of aryl methyl sites for hydroxylation is 1. The molecule has 8 heteroatoms. The van der Waals surface area contributed by atoms with Crippen molar-refractivity contribution < 1.29 is 25.5 Å². The minimum atomic E-state index is -0.120. The van der Waals surface area contributed by atoms with Crippen LogP contribution in [0.25, 0.3) is 0 Å². The van der Waals surface area contributed by atoms with Gasteiger partial charge in [0.05, 0.1) is 25.7 Å². The van der Waals surface area contributed by atoms with Gasteiger partial charge in [-0.15, -0.1) is 0 Å². The fourth-order valence-electron chi connectivity index (χ4n) is 5.73. The van der Waals surface area contributed by atoms with Crippen LogP contribution < -0.4 is 9.73 Å². The highest BCUT2D eigenvalue weighted by atomic mass is 16.5. The maximum Gasteiger partial charge on any atom is 0.387 e.